The highest BCUT2D eigenvalue weighted by Gasteiger charge is 2.17. The molecule has 0 atom stereocenters. The van der Waals surface area contributed by atoms with Crippen molar-refractivity contribution < 1.29 is 18.9 Å². The summed E-state index contributed by atoms with van der Waals surface area (Å²) >= 11 is 0. The third-order valence-corrected chi connectivity index (χ3v) is 5.99. The molecule has 8 bridgehead atoms. The molecule has 1 aliphatic rings. The van der Waals surface area contributed by atoms with Gasteiger partial charge in [0.25, 0.3) is 0 Å². The third-order valence-electron chi connectivity index (χ3n) is 5.99. The lowest BCUT2D eigenvalue weighted by Crippen LogP contribution is -2.00. The van der Waals surface area contributed by atoms with Gasteiger partial charge in [-0.15, -0.1) is 0 Å². The molecule has 6 aromatic rings. The lowest BCUT2D eigenvalue weighted by atomic mass is 10.2. The molecule has 3 heterocycles. The number of rotatable bonds is 0. The lowest BCUT2D eigenvalue weighted by Gasteiger charge is -2.15. The van der Waals surface area contributed by atoms with Crippen LogP contribution >= 0.6 is 0 Å². The second kappa shape index (κ2) is 8.70. The van der Waals surface area contributed by atoms with Crippen molar-refractivity contribution in [3.8, 4) is 46.8 Å². The van der Waals surface area contributed by atoms with Crippen LogP contribution in [-0.2, 0) is 0 Å². The topological polar surface area (TPSA) is 88.5 Å². The molecule has 38 heavy (non-hydrogen) atoms. The zero-order valence-electron chi connectivity index (χ0n) is 20.5. The number of aryl methyl sites for hydroxylation is 2. The highest BCUT2D eigenvalue weighted by Crippen LogP contribution is 2.37. The molecule has 0 saturated carbocycles. The van der Waals surface area contributed by atoms with E-state index in [-0.39, 0.29) is 12.0 Å². The second-order valence-corrected chi connectivity index (χ2v) is 9.03. The first-order chi connectivity index (χ1) is 18.6. The molecule has 1 aliphatic heterocycles. The molecule has 184 valence electrons. The summed E-state index contributed by atoms with van der Waals surface area (Å²) in [7, 11) is 0. The minimum absolute atomic E-state index is 0.149. The summed E-state index contributed by atoms with van der Waals surface area (Å²) in [6.07, 6.45) is 0. The number of aromatic nitrogens is 4. The second-order valence-electron chi connectivity index (χ2n) is 9.03. The largest absolute Gasteiger partial charge is 0.438 e. The van der Waals surface area contributed by atoms with Gasteiger partial charge in [0.2, 0.25) is 11.8 Å². The Labute approximate surface area is 217 Å². The summed E-state index contributed by atoms with van der Waals surface area (Å²) in [6.45, 7) is 3.91. The summed E-state index contributed by atoms with van der Waals surface area (Å²) in [4.78, 5) is 18.4. The number of hydrogen-bond donors (Lipinski definition) is 0. The van der Waals surface area contributed by atoms with Crippen molar-refractivity contribution in [3.63, 3.8) is 0 Å². The molecule has 2 aromatic heterocycles. The van der Waals surface area contributed by atoms with E-state index in [1.807, 2.05) is 86.6 Å². The Morgan fingerprint density at radius 3 is 1.29 bits per heavy atom. The van der Waals surface area contributed by atoms with Crippen LogP contribution in [0.1, 0.15) is 11.1 Å². The van der Waals surface area contributed by atoms with Crippen LogP contribution in [0.15, 0.2) is 84.9 Å². The number of nitrogens with zero attached hydrogens (tertiary/aromatic N) is 4. The van der Waals surface area contributed by atoms with E-state index < -0.39 is 0 Å². The summed E-state index contributed by atoms with van der Waals surface area (Å²) < 4.78 is 24.8. The van der Waals surface area contributed by atoms with Gasteiger partial charge in [-0.25, -0.2) is 0 Å². The van der Waals surface area contributed by atoms with Gasteiger partial charge >= 0.3 is 12.0 Å². The Bertz CT molecular complexity index is 1740. The maximum atomic E-state index is 6.31. The molecular formula is C30H20N4O4. The van der Waals surface area contributed by atoms with Crippen LogP contribution in [0.3, 0.4) is 0 Å². The minimum atomic E-state index is 0.149. The molecule has 0 N–H and O–H groups in total. The number of benzene rings is 4. The predicted octanol–water partition coefficient (Wildman–Crippen LogP) is 7.67. The van der Waals surface area contributed by atoms with Crippen LogP contribution in [0.4, 0.5) is 0 Å². The summed E-state index contributed by atoms with van der Waals surface area (Å²) in [5, 5.41) is 1.51. The van der Waals surface area contributed by atoms with Crippen LogP contribution in [0.2, 0.25) is 0 Å². The lowest BCUT2D eigenvalue weighted by molar-refractivity contribution is 0.398. The molecule has 8 heteroatoms. The predicted molar refractivity (Wildman–Crippen MR) is 142 cm³/mol. The van der Waals surface area contributed by atoms with Crippen molar-refractivity contribution in [2.24, 2.45) is 0 Å². The standard InChI is InChI=1S/C30H20N4O4/c1-17-11-19-15-20(12-17)36-28-24-8-4-6-10-26(24)32-30(34-28)38-22-14-18(2)13-21(16-22)37-29-31-25-9-5-3-7-23(25)27(33-29)35-19/h3-16H,1-2H3. The summed E-state index contributed by atoms with van der Waals surface area (Å²) in [6, 6.07) is 26.6. The zero-order chi connectivity index (χ0) is 25.6. The monoisotopic (exact) mass is 500 g/mol. The highest BCUT2D eigenvalue weighted by atomic mass is 16.5. The molecule has 0 unspecified atom stereocenters. The fourth-order valence-corrected chi connectivity index (χ4v) is 4.40. The fourth-order valence-electron chi connectivity index (χ4n) is 4.40. The maximum Gasteiger partial charge on any atom is 0.325 e. The number of ether oxygens (including phenoxy) is 4. The van der Waals surface area contributed by atoms with Gasteiger partial charge in [-0.05, 0) is 73.5 Å². The smallest absolute Gasteiger partial charge is 0.325 e. The number of para-hydroxylation sites is 2. The molecule has 0 spiro atoms. The molecule has 0 amide bonds. The molecule has 0 aliphatic carbocycles. The van der Waals surface area contributed by atoms with Crippen molar-refractivity contribution in [2.75, 3.05) is 0 Å². The Balaban J connectivity index is 1.46. The Morgan fingerprint density at radius 1 is 0.447 bits per heavy atom. The van der Waals surface area contributed by atoms with Gasteiger partial charge < -0.3 is 18.9 Å². The average Bonchev–Trinajstić information content (AvgIpc) is 2.87. The fraction of sp³-hybridized carbons (Fsp3) is 0.0667. The maximum absolute atomic E-state index is 6.31. The average molecular weight is 501 g/mol. The Hall–Kier alpha value is -5.24. The van der Waals surface area contributed by atoms with Gasteiger partial charge in [0.1, 0.15) is 23.0 Å². The van der Waals surface area contributed by atoms with E-state index in [4.69, 9.17) is 18.9 Å². The summed E-state index contributed by atoms with van der Waals surface area (Å²) in [5.74, 6) is 2.84. The van der Waals surface area contributed by atoms with E-state index in [9.17, 15) is 0 Å². The SMILES string of the molecule is Cc1cc2cc(c1)Oc1nc(c3ccccc3n1)Oc1cc(C)cc(c1)Oc1nc(nc3ccccc13)O2. The van der Waals surface area contributed by atoms with Gasteiger partial charge in [-0.2, -0.15) is 19.9 Å². The van der Waals surface area contributed by atoms with Crippen LogP contribution in [0, 0.1) is 13.8 Å². The van der Waals surface area contributed by atoms with Gasteiger partial charge in [0, 0.05) is 12.1 Å². The molecule has 0 radical (unpaired) electrons. The molecule has 7 rings (SSSR count). The van der Waals surface area contributed by atoms with Gasteiger partial charge in [0.15, 0.2) is 0 Å². The van der Waals surface area contributed by atoms with E-state index in [1.54, 1.807) is 12.1 Å². The van der Waals surface area contributed by atoms with Crippen LogP contribution in [-0.4, -0.2) is 19.9 Å². The first kappa shape index (κ1) is 22.0. The van der Waals surface area contributed by atoms with E-state index in [0.717, 1.165) is 21.9 Å². The first-order valence-electron chi connectivity index (χ1n) is 12.0. The van der Waals surface area contributed by atoms with Crippen LogP contribution < -0.4 is 18.9 Å². The van der Waals surface area contributed by atoms with Gasteiger partial charge in [-0.1, -0.05) is 24.3 Å². The Kier molecular flexibility index (Phi) is 5.04. The molecule has 4 aromatic carbocycles. The molecular weight excluding hydrogens is 480 g/mol. The normalized spacial score (nSPS) is 12.3. The molecule has 0 fully saturated rings. The third kappa shape index (κ3) is 4.18. The number of hydrogen-bond acceptors (Lipinski definition) is 8. The van der Waals surface area contributed by atoms with Crippen LogP contribution in [0.5, 0.6) is 46.8 Å². The van der Waals surface area contributed by atoms with Gasteiger partial charge in [0.05, 0.1) is 21.8 Å². The van der Waals surface area contributed by atoms with Crippen molar-refractivity contribution in [1.29, 1.82) is 0 Å². The van der Waals surface area contributed by atoms with Crippen LogP contribution in [0.25, 0.3) is 21.8 Å². The Morgan fingerprint density at radius 2 is 0.842 bits per heavy atom. The zero-order valence-corrected chi connectivity index (χ0v) is 20.5. The van der Waals surface area contributed by atoms with E-state index in [2.05, 4.69) is 19.9 Å². The number of fused-ring (bicyclic) bond motifs is 12. The minimum Gasteiger partial charge on any atom is -0.438 e. The first-order valence-corrected chi connectivity index (χ1v) is 12.0. The van der Waals surface area contributed by atoms with Crippen molar-refractivity contribution >= 4 is 21.8 Å². The van der Waals surface area contributed by atoms with Gasteiger partial charge in [-0.3, -0.25) is 0 Å². The quantitative estimate of drug-likeness (QED) is 0.210. The van der Waals surface area contributed by atoms with Crippen molar-refractivity contribution in [2.45, 2.75) is 13.8 Å². The van der Waals surface area contributed by atoms with Crippen molar-refractivity contribution in [1.82, 2.24) is 19.9 Å². The van der Waals surface area contributed by atoms with E-state index in [1.165, 1.54) is 0 Å². The highest BCUT2D eigenvalue weighted by molar-refractivity contribution is 5.85. The van der Waals surface area contributed by atoms with E-state index in [0.29, 0.717) is 45.8 Å². The van der Waals surface area contributed by atoms with E-state index >= 15 is 0 Å². The van der Waals surface area contributed by atoms with Crippen molar-refractivity contribution in [3.05, 3.63) is 96.1 Å². The summed E-state index contributed by atoms with van der Waals surface area (Å²) in [5.41, 5.74) is 3.24. The molecule has 0 saturated heterocycles. The molecule has 8 nitrogen and oxygen atoms in total.